The Morgan fingerprint density at radius 3 is 2.38 bits per heavy atom. The second kappa shape index (κ2) is 9.67. The third-order valence-electron chi connectivity index (χ3n) is 5.28. The number of carbonyl (C=O) groups excluding carboxylic acids is 2. The lowest BCUT2D eigenvalue weighted by Gasteiger charge is -2.29. The summed E-state index contributed by atoms with van der Waals surface area (Å²) in [5.41, 5.74) is -0.411. The van der Waals surface area contributed by atoms with Crippen molar-refractivity contribution in [2.45, 2.75) is 58.7 Å². The van der Waals surface area contributed by atoms with Crippen LogP contribution in [0.3, 0.4) is 0 Å². The topological polar surface area (TPSA) is 108 Å². The number of amides is 2. The molecule has 1 aliphatic rings. The van der Waals surface area contributed by atoms with Gasteiger partial charge in [-0.15, -0.1) is 4.99 Å². The summed E-state index contributed by atoms with van der Waals surface area (Å²) in [5.74, 6) is -1.11. The molecule has 2 amide bonds. The maximum atomic E-state index is 14.0. The van der Waals surface area contributed by atoms with Gasteiger partial charge in [-0.3, -0.25) is 9.69 Å². The van der Waals surface area contributed by atoms with Gasteiger partial charge in [0, 0.05) is 0 Å². The van der Waals surface area contributed by atoms with E-state index in [4.69, 9.17) is 4.74 Å². The van der Waals surface area contributed by atoms with Gasteiger partial charge < -0.3 is 15.2 Å². The van der Waals surface area contributed by atoms with Crippen LogP contribution in [0.5, 0.6) is 0 Å². The van der Waals surface area contributed by atoms with Crippen molar-refractivity contribution in [3.8, 4) is 0 Å². The van der Waals surface area contributed by atoms with E-state index in [0.717, 1.165) is 5.56 Å². The Morgan fingerprint density at radius 1 is 1.12 bits per heavy atom. The third kappa shape index (κ3) is 5.62. The predicted molar refractivity (Wildman–Crippen MR) is 128 cm³/mol. The molecule has 0 bridgehead atoms. The molecule has 3 rings (SSSR count). The zero-order chi connectivity index (χ0) is 25.1. The lowest BCUT2D eigenvalue weighted by atomic mass is 9.82. The third-order valence-corrected chi connectivity index (χ3v) is 5.28. The number of rotatable bonds is 6. The lowest BCUT2D eigenvalue weighted by Crippen LogP contribution is -2.45. The Hall–Kier alpha value is -3.68. The maximum absolute atomic E-state index is 14.0. The van der Waals surface area contributed by atoms with Gasteiger partial charge in [0.2, 0.25) is 5.96 Å². The van der Waals surface area contributed by atoms with Crippen molar-refractivity contribution in [1.82, 2.24) is 10.2 Å². The second-order valence-electron chi connectivity index (χ2n) is 9.81. The molecule has 1 heterocycles. The second-order valence-corrected chi connectivity index (χ2v) is 9.81. The fraction of sp³-hybridized carbons (Fsp3) is 0.385. The number of guanidine groups is 1. The number of carboxylic acid groups (broad SMARTS) is 1. The summed E-state index contributed by atoms with van der Waals surface area (Å²) in [6.45, 7) is 9.29. The first-order chi connectivity index (χ1) is 15.9. The fourth-order valence-electron chi connectivity index (χ4n) is 4.02. The fourth-order valence-corrected chi connectivity index (χ4v) is 4.02. The Kier molecular flexibility index (Phi) is 7.09. The van der Waals surface area contributed by atoms with E-state index in [1.165, 1.54) is 17.0 Å². The minimum atomic E-state index is -1.12. The van der Waals surface area contributed by atoms with Crippen molar-refractivity contribution >= 4 is 23.9 Å². The monoisotopic (exact) mass is 465 g/mol. The van der Waals surface area contributed by atoms with Crippen LogP contribution in [0.4, 0.5) is 4.79 Å². The molecule has 1 unspecified atom stereocenters. The number of carboxylic acids is 1. The molecule has 180 valence electrons. The van der Waals surface area contributed by atoms with E-state index in [9.17, 15) is 19.5 Å². The molecule has 2 aromatic rings. The number of aromatic carboxylic acids is 1. The average Bonchev–Trinajstić information content (AvgIpc) is 2.99. The summed E-state index contributed by atoms with van der Waals surface area (Å²) in [6.07, 6.45) is -0.352. The van der Waals surface area contributed by atoms with Gasteiger partial charge in [0.25, 0.3) is 5.91 Å². The molecule has 2 aromatic carbocycles. The van der Waals surface area contributed by atoms with Crippen LogP contribution in [0.1, 0.15) is 62.5 Å². The Bertz CT molecular complexity index is 1100. The molecule has 0 aliphatic carbocycles. The van der Waals surface area contributed by atoms with Crippen LogP contribution in [0, 0.1) is 5.92 Å². The van der Waals surface area contributed by atoms with Gasteiger partial charge in [0.05, 0.1) is 12.1 Å². The largest absolute Gasteiger partial charge is 0.478 e. The highest BCUT2D eigenvalue weighted by molar-refractivity contribution is 6.11. The number of nitrogens with one attached hydrogen (secondary N) is 1. The van der Waals surface area contributed by atoms with Crippen LogP contribution in [-0.2, 0) is 21.6 Å². The SMILES string of the molecule is CC(C)CC1(c2ccccc2)N/C(=N/C(=O)OC(C)(C)C)N(Cc2cccc(C(=O)O)c2)C1=O. The molecule has 1 aliphatic heterocycles. The van der Waals surface area contributed by atoms with Gasteiger partial charge in [-0.1, -0.05) is 56.3 Å². The maximum Gasteiger partial charge on any atom is 0.437 e. The molecule has 2 N–H and O–H groups in total. The molecule has 0 radical (unpaired) electrons. The highest BCUT2D eigenvalue weighted by Gasteiger charge is 2.51. The Labute approximate surface area is 199 Å². The quantitative estimate of drug-likeness (QED) is 0.648. The van der Waals surface area contributed by atoms with Gasteiger partial charge in [-0.25, -0.2) is 9.59 Å². The molecule has 0 saturated carbocycles. The lowest BCUT2D eigenvalue weighted by molar-refractivity contribution is -0.132. The average molecular weight is 466 g/mol. The highest BCUT2D eigenvalue weighted by atomic mass is 16.6. The van der Waals surface area contributed by atoms with Crippen molar-refractivity contribution in [3.63, 3.8) is 0 Å². The van der Waals surface area contributed by atoms with Gasteiger partial charge in [0.1, 0.15) is 11.1 Å². The first kappa shape index (κ1) is 25.0. The summed E-state index contributed by atoms with van der Waals surface area (Å²) in [6, 6.07) is 15.7. The molecular weight excluding hydrogens is 434 g/mol. The summed E-state index contributed by atoms with van der Waals surface area (Å²) >= 11 is 0. The van der Waals surface area contributed by atoms with Crippen LogP contribution in [0.25, 0.3) is 0 Å². The first-order valence-corrected chi connectivity index (χ1v) is 11.2. The van der Waals surface area contributed by atoms with E-state index < -0.39 is 23.2 Å². The number of nitrogens with zero attached hydrogens (tertiary/aromatic N) is 2. The Morgan fingerprint density at radius 2 is 1.79 bits per heavy atom. The number of hydrogen-bond acceptors (Lipinski definition) is 4. The molecule has 8 nitrogen and oxygen atoms in total. The molecule has 1 fully saturated rings. The molecule has 8 heteroatoms. The van der Waals surface area contributed by atoms with Gasteiger partial charge in [-0.05, 0) is 56.4 Å². The van der Waals surface area contributed by atoms with Gasteiger partial charge in [0.15, 0.2) is 0 Å². The zero-order valence-electron chi connectivity index (χ0n) is 20.2. The summed E-state index contributed by atoms with van der Waals surface area (Å²) in [4.78, 5) is 43.5. The summed E-state index contributed by atoms with van der Waals surface area (Å²) < 4.78 is 5.36. The van der Waals surface area contributed by atoms with E-state index in [2.05, 4.69) is 10.3 Å². The van der Waals surface area contributed by atoms with Gasteiger partial charge in [-0.2, -0.15) is 0 Å². The smallest absolute Gasteiger partial charge is 0.437 e. The highest BCUT2D eigenvalue weighted by Crippen LogP contribution is 2.36. The van der Waals surface area contributed by atoms with E-state index in [1.54, 1.807) is 32.9 Å². The molecular formula is C26H31N3O5. The van der Waals surface area contributed by atoms with E-state index in [0.29, 0.717) is 12.0 Å². The van der Waals surface area contributed by atoms with Crippen LogP contribution < -0.4 is 5.32 Å². The number of hydrogen-bond donors (Lipinski definition) is 2. The van der Waals surface area contributed by atoms with Crippen molar-refractivity contribution in [3.05, 3.63) is 71.3 Å². The van der Waals surface area contributed by atoms with E-state index in [-0.39, 0.29) is 29.9 Å². The van der Waals surface area contributed by atoms with Crippen LogP contribution in [-0.4, -0.2) is 39.5 Å². The number of benzene rings is 2. The van der Waals surface area contributed by atoms with Crippen molar-refractivity contribution in [2.24, 2.45) is 10.9 Å². The van der Waals surface area contributed by atoms with Crippen molar-refractivity contribution < 1.29 is 24.2 Å². The minimum Gasteiger partial charge on any atom is -0.478 e. The summed E-state index contributed by atoms with van der Waals surface area (Å²) in [5, 5.41) is 12.6. The van der Waals surface area contributed by atoms with E-state index >= 15 is 0 Å². The van der Waals surface area contributed by atoms with Gasteiger partial charge >= 0.3 is 12.1 Å². The number of carbonyl (C=O) groups is 3. The standard InChI is InChI=1S/C26H31N3O5/c1-17(2)15-26(20-12-7-6-8-13-20)22(32)29(16-18-10-9-11-19(14-18)21(30)31)23(28-26)27-24(33)34-25(3,4)5/h6-14,17H,15-16H2,1-5H3,(H,30,31)(H,27,28,33). The summed E-state index contributed by atoms with van der Waals surface area (Å²) in [7, 11) is 0. The van der Waals surface area contributed by atoms with Crippen molar-refractivity contribution in [2.75, 3.05) is 0 Å². The van der Waals surface area contributed by atoms with Crippen LogP contribution in [0.15, 0.2) is 59.6 Å². The molecule has 34 heavy (non-hydrogen) atoms. The first-order valence-electron chi connectivity index (χ1n) is 11.2. The molecule has 0 spiro atoms. The van der Waals surface area contributed by atoms with Crippen LogP contribution >= 0.6 is 0 Å². The number of ether oxygens (including phenoxy) is 1. The molecule has 1 atom stereocenters. The molecule has 1 saturated heterocycles. The number of aliphatic imine (C=N–C) groups is 1. The normalized spacial score (nSPS) is 19.4. The van der Waals surface area contributed by atoms with Crippen molar-refractivity contribution in [1.29, 1.82) is 0 Å². The van der Waals surface area contributed by atoms with E-state index in [1.807, 2.05) is 44.2 Å². The Balaban J connectivity index is 2.08. The van der Waals surface area contributed by atoms with Crippen LogP contribution in [0.2, 0.25) is 0 Å². The minimum absolute atomic E-state index is 0.0429. The zero-order valence-corrected chi connectivity index (χ0v) is 20.2. The predicted octanol–water partition coefficient (Wildman–Crippen LogP) is 4.55. The molecule has 0 aromatic heterocycles.